The van der Waals surface area contributed by atoms with E-state index in [1.54, 1.807) is 32.3 Å². The molecule has 0 aliphatic heterocycles. The van der Waals surface area contributed by atoms with E-state index in [4.69, 9.17) is 0 Å². The molecule has 2 aromatic carbocycles. The molecule has 4 rings (SSSR count). The Morgan fingerprint density at radius 3 is 2.58 bits per heavy atom. The summed E-state index contributed by atoms with van der Waals surface area (Å²) in [6.45, 7) is 0. The monoisotopic (exact) mass is 371 g/mol. The van der Waals surface area contributed by atoms with Crippen molar-refractivity contribution in [1.29, 1.82) is 0 Å². The molecule has 7 heteroatoms. The lowest BCUT2D eigenvalue weighted by Gasteiger charge is -2.26. The zero-order valence-corrected chi connectivity index (χ0v) is 15.6. The fourth-order valence-corrected chi connectivity index (χ4v) is 5.05. The predicted octanol–water partition coefficient (Wildman–Crippen LogP) is 2.23. The molecule has 3 aromatic rings. The largest absolute Gasteiger partial charge is 0.328 e. The molecule has 6 nitrogen and oxygen atoms in total. The molecular formula is C19H21N3O3S. The number of benzene rings is 2. The maximum atomic E-state index is 13.0. The van der Waals surface area contributed by atoms with E-state index in [0.717, 1.165) is 24.8 Å². The van der Waals surface area contributed by atoms with E-state index in [2.05, 4.69) is 10.8 Å². The first-order chi connectivity index (χ1) is 12.4. The quantitative estimate of drug-likeness (QED) is 0.767. The lowest BCUT2D eigenvalue weighted by atomic mass is 9.88. The summed E-state index contributed by atoms with van der Waals surface area (Å²) in [5.74, 6) is 0. The van der Waals surface area contributed by atoms with Crippen molar-refractivity contribution in [2.75, 3.05) is 0 Å². The molecular weight excluding hydrogens is 350 g/mol. The van der Waals surface area contributed by atoms with Gasteiger partial charge in [0.25, 0.3) is 0 Å². The van der Waals surface area contributed by atoms with Gasteiger partial charge in [-0.1, -0.05) is 24.3 Å². The highest BCUT2D eigenvalue weighted by atomic mass is 32.2. The van der Waals surface area contributed by atoms with E-state index in [1.165, 1.54) is 14.7 Å². The van der Waals surface area contributed by atoms with Crippen molar-refractivity contribution in [2.24, 2.45) is 14.1 Å². The van der Waals surface area contributed by atoms with Gasteiger partial charge in [-0.15, -0.1) is 0 Å². The van der Waals surface area contributed by atoms with Gasteiger partial charge >= 0.3 is 5.69 Å². The first-order valence-electron chi connectivity index (χ1n) is 8.64. The summed E-state index contributed by atoms with van der Waals surface area (Å²) in [5.41, 5.74) is 3.38. The Morgan fingerprint density at radius 2 is 1.77 bits per heavy atom. The van der Waals surface area contributed by atoms with E-state index in [9.17, 15) is 13.2 Å². The first-order valence-corrected chi connectivity index (χ1v) is 10.1. The second kappa shape index (κ2) is 6.10. The third kappa shape index (κ3) is 2.68. The van der Waals surface area contributed by atoms with Gasteiger partial charge in [0.1, 0.15) is 0 Å². The highest BCUT2D eigenvalue weighted by Crippen LogP contribution is 2.31. The standard InChI is InChI=1S/C19H21N3O3S/c1-21-17-11-10-14(12-18(17)22(2)19(21)23)26(24,25)20-16-9-5-7-13-6-3-4-8-15(13)16/h3-4,6,8,10-12,16,20H,5,7,9H2,1-2H3/t16-/m1/s1. The van der Waals surface area contributed by atoms with E-state index >= 15 is 0 Å². The molecule has 0 radical (unpaired) electrons. The first kappa shape index (κ1) is 17.1. The summed E-state index contributed by atoms with van der Waals surface area (Å²) in [7, 11) is -0.368. The lowest BCUT2D eigenvalue weighted by Crippen LogP contribution is -2.31. The Labute approximate surface area is 152 Å². The number of rotatable bonds is 3. The number of fused-ring (bicyclic) bond motifs is 2. The number of nitrogens with one attached hydrogen (secondary N) is 1. The van der Waals surface area contributed by atoms with Crippen LogP contribution in [0.3, 0.4) is 0 Å². The molecule has 26 heavy (non-hydrogen) atoms. The second-order valence-electron chi connectivity index (χ2n) is 6.82. The molecule has 1 heterocycles. The van der Waals surface area contributed by atoms with Gasteiger partial charge in [0.05, 0.1) is 15.9 Å². The minimum absolute atomic E-state index is 0.175. The fourth-order valence-electron chi connectivity index (χ4n) is 3.79. The van der Waals surface area contributed by atoms with Gasteiger partial charge in [-0.2, -0.15) is 0 Å². The minimum atomic E-state index is -3.69. The molecule has 1 aromatic heterocycles. The van der Waals surface area contributed by atoms with E-state index in [0.29, 0.717) is 11.0 Å². The minimum Gasteiger partial charge on any atom is -0.295 e. The number of aryl methyl sites for hydroxylation is 3. The van der Waals surface area contributed by atoms with Crippen LogP contribution in [0.1, 0.15) is 30.0 Å². The number of imidazole rings is 1. The van der Waals surface area contributed by atoms with Crippen LogP contribution >= 0.6 is 0 Å². The molecule has 1 aliphatic carbocycles. The van der Waals surface area contributed by atoms with E-state index in [1.807, 2.05) is 18.2 Å². The Morgan fingerprint density at radius 1 is 1.04 bits per heavy atom. The highest BCUT2D eigenvalue weighted by molar-refractivity contribution is 7.89. The summed E-state index contributed by atoms with van der Waals surface area (Å²) in [6, 6.07) is 12.6. The smallest absolute Gasteiger partial charge is 0.295 e. The Kier molecular flexibility index (Phi) is 4.00. The van der Waals surface area contributed by atoms with Crippen molar-refractivity contribution in [1.82, 2.24) is 13.9 Å². The second-order valence-corrected chi connectivity index (χ2v) is 8.53. The van der Waals surface area contributed by atoms with E-state index in [-0.39, 0.29) is 16.6 Å². The molecule has 0 amide bonds. The van der Waals surface area contributed by atoms with Gasteiger partial charge in [-0.3, -0.25) is 9.13 Å². The number of sulfonamides is 1. The van der Waals surface area contributed by atoms with Crippen LogP contribution in [-0.4, -0.2) is 17.6 Å². The summed E-state index contributed by atoms with van der Waals surface area (Å²) < 4.78 is 31.7. The van der Waals surface area contributed by atoms with Gasteiger partial charge in [0.15, 0.2) is 0 Å². The summed E-state index contributed by atoms with van der Waals surface area (Å²) in [4.78, 5) is 12.2. The van der Waals surface area contributed by atoms with Crippen LogP contribution in [0.4, 0.5) is 0 Å². The fraction of sp³-hybridized carbons (Fsp3) is 0.316. The highest BCUT2D eigenvalue weighted by Gasteiger charge is 2.26. The topological polar surface area (TPSA) is 73.1 Å². The number of aromatic nitrogens is 2. The van der Waals surface area contributed by atoms with Crippen LogP contribution in [0.5, 0.6) is 0 Å². The molecule has 136 valence electrons. The van der Waals surface area contributed by atoms with Crippen molar-refractivity contribution in [3.63, 3.8) is 0 Å². The van der Waals surface area contributed by atoms with E-state index < -0.39 is 10.0 Å². The zero-order chi connectivity index (χ0) is 18.5. The van der Waals surface area contributed by atoms with Crippen LogP contribution in [0.15, 0.2) is 52.2 Å². The van der Waals surface area contributed by atoms with Crippen LogP contribution in [-0.2, 0) is 30.5 Å². The van der Waals surface area contributed by atoms with Crippen molar-refractivity contribution in [3.05, 3.63) is 64.1 Å². The van der Waals surface area contributed by atoms with Crippen LogP contribution < -0.4 is 10.4 Å². The maximum Gasteiger partial charge on any atom is 0.328 e. The van der Waals surface area contributed by atoms with Gasteiger partial charge in [-0.25, -0.2) is 17.9 Å². The van der Waals surface area contributed by atoms with Crippen LogP contribution in [0, 0.1) is 0 Å². The van der Waals surface area contributed by atoms with Gasteiger partial charge in [-0.05, 0) is 48.6 Å². The maximum absolute atomic E-state index is 13.0. The van der Waals surface area contributed by atoms with Crippen molar-refractivity contribution >= 4 is 21.1 Å². The molecule has 0 bridgehead atoms. The zero-order valence-electron chi connectivity index (χ0n) is 14.8. The van der Waals surface area contributed by atoms with Gasteiger partial charge < -0.3 is 0 Å². The average molecular weight is 371 g/mol. The van der Waals surface area contributed by atoms with Crippen molar-refractivity contribution < 1.29 is 8.42 Å². The number of hydrogen-bond donors (Lipinski definition) is 1. The number of hydrogen-bond acceptors (Lipinski definition) is 3. The third-order valence-electron chi connectivity index (χ3n) is 5.22. The molecule has 0 unspecified atom stereocenters. The lowest BCUT2D eigenvalue weighted by molar-refractivity contribution is 0.507. The molecule has 1 N–H and O–H groups in total. The Bertz CT molecular complexity index is 1160. The molecule has 1 atom stereocenters. The molecule has 0 saturated heterocycles. The van der Waals surface area contributed by atoms with Crippen LogP contribution in [0.25, 0.3) is 11.0 Å². The number of nitrogens with zero attached hydrogens (tertiary/aromatic N) is 2. The molecule has 0 saturated carbocycles. The van der Waals surface area contributed by atoms with Crippen LogP contribution in [0.2, 0.25) is 0 Å². The average Bonchev–Trinajstić information content (AvgIpc) is 2.86. The molecule has 0 fully saturated rings. The predicted molar refractivity (Wildman–Crippen MR) is 101 cm³/mol. The molecule has 0 spiro atoms. The molecule has 1 aliphatic rings. The summed E-state index contributed by atoms with van der Waals surface area (Å²) in [6.07, 6.45) is 2.71. The van der Waals surface area contributed by atoms with Crippen molar-refractivity contribution in [3.8, 4) is 0 Å². The van der Waals surface area contributed by atoms with Gasteiger partial charge in [0.2, 0.25) is 10.0 Å². The third-order valence-corrected chi connectivity index (χ3v) is 6.69. The van der Waals surface area contributed by atoms with Gasteiger partial charge in [0, 0.05) is 20.1 Å². The van der Waals surface area contributed by atoms with Crippen molar-refractivity contribution in [2.45, 2.75) is 30.2 Å². The SMILES string of the molecule is Cn1c(=O)n(C)c2cc(S(=O)(=O)N[C@@H]3CCCc4ccccc43)ccc21. The Hall–Kier alpha value is -2.38. The summed E-state index contributed by atoms with van der Waals surface area (Å²) in [5, 5.41) is 0. The summed E-state index contributed by atoms with van der Waals surface area (Å²) >= 11 is 0. The normalized spacial score (nSPS) is 17.4. The Balaban J connectivity index is 1.73.